The molecule has 1 rings (SSSR count). The third-order valence-electron chi connectivity index (χ3n) is 2.56. The van der Waals surface area contributed by atoms with Crippen molar-refractivity contribution in [3.05, 3.63) is 55.3 Å². The summed E-state index contributed by atoms with van der Waals surface area (Å²) in [5, 5.41) is 7.09. The van der Waals surface area contributed by atoms with Gasteiger partial charge < -0.3 is 0 Å². The molecule has 82 valence electrons. The Hall–Kier alpha value is -2.16. The van der Waals surface area contributed by atoms with Crippen LogP contribution in [0.2, 0.25) is 0 Å². The van der Waals surface area contributed by atoms with Gasteiger partial charge in [-0.05, 0) is 47.2 Å². The number of hydrogen-bond acceptors (Lipinski definition) is 2. The number of azide groups is 2. The van der Waals surface area contributed by atoms with Crippen molar-refractivity contribution in [2.45, 2.75) is 26.9 Å². The molecule has 0 aromatic heterocycles. The Labute approximate surface area is 93.2 Å². The van der Waals surface area contributed by atoms with Crippen LogP contribution in [-0.2, 0) is 13.1 Å². The highest BCUT2D eigenvalue weighted by atomic mass is 15.1. The van der Waals surface area contributed by atoms with Gasteiger partial charge in [-0.2, -0.15) is 0 Å². The van der Waals surface area contributed by atoms with Gasteiger partial charge in [0.25, 0.3) is 0 Å². The number of hydrogen-bond donors (Lipinski definition) is 0. The molecule has 0 amide bonds. The zero-order valence-corrected chi connectivity index (χ0v) is 9.25. The van der Waals surface area contributed by atoms with Crippen molar-refractivity contribution in [1.29, 1.82) is 0 Å². The van der Waals surface area contributed by atoms with E-state index in [1.54, 1.807) is 0 Å². The largest absolute Gasteiger partial charge is 0.0893 e. The normalized spacial score (nSPS) is 9.12. The average Bonchev–Trinajstić information content (AvgIpc) is 2.29. The summed E-state index contributed by atoms with van der Waals surface area (Å²) in [7, 11) is 0. The quantitative estimate of drug-likeness (QED) is 0.414. The first kappa shape index (κ1) is 11.9. The Morgan fingerprint density at radius 3 is 2.31 bits per heavy atom. The predicted octanol–water partition coefficient (Wildman–Crippen LogP) is 3.92. The summed E-state index contributed by atoms with van der Waals surface area (Å²) in [4.78, 5) is 5.47. The van der Waals surface area contributed by atoms with Crippen LogP contribution in [-0.4, -0.2) is 0 Å². The zero-order valence-electron chi connectivity index (χ0n) is 9.25. The van der Waals surface area contributed by atoms with Crippen LogP contribution in [0.15, 0.2) is 22.4 Å². The maximum atomic E-state index is 8.33. The maximum Gasteiger partial charge on any atom is 0.0516 e. The highest BCUT2D eigenvalue weighted by Gasteiger charge is 2.06. The van der Waals surface area contributed by atoms with Gasteiger partial charge in [0.15, 0.2) is 0 Å². The predicted molar refractivity (Wildman–Crippen MR) is 61.6 cm³/mol. The summed E-state index contributed by atoms with van der Waals surface area (Å²) >= 11 is 0. The molecule has 0 atom stereocenters. The summed E-state index contributed by atoms with van der Waals surface area (Å²) in [5.74, 6) is 0. The van der Waals surface area contributed by atoms with Crippen molar-refractivity contribution in [2.24, 2.45) is 10.2 Å². The van der Waals surface area contributed by atoms with E-state index in [2.05, 4.69) is 20.1 Å². The molecule has 1 aromatic carbocycles. The van der Waals surface area contributed by atoms with Gasteiger partial charge in [-0.15, -0.1) is 0 Å². The average molecular weight is 216 g/mol. The molecule has 0 aliphatic carbocycles. The molecule has 0 aliphatic rings. The molecule has 0 saturated heterocycles. The minimum atomic E-state index is 0.286. The zero-order chi connectivity index (χ0) is 12.0. The van der Waals surface area contributed by atoms with Gasteiger partial charge in [0, 0.05) is 9.82 Å². The number of rotatable bonds is 4. The lowest BCUT2D eigenvalue weighted by molar-refractivity contribution is 0.944. The highest BCUT2D eigenvalue weighted by molar-refractivity contribution is 5.39. The summed E-state index contributed by atoms with van der Waals surface area (Å²) in [6.07, 6.45) is 0. The van der Waals surface area contributed by atoms with Crippen LogP contribution in [0.1, 0.15) is 22.3 Å². The van der Waals surface area contributed by atoms with Gasteiger partial charge in [-0.3, -0.25) is 0 Å². The van der Waals surface area contributed by atoms with E-state index in [9.17, 15) is 0 Å². The Kier molecular flexibility index (Phi) is 4.21. The molecule has 6 heteroatoms. The lowest BCUT2D eigenvalue weighted by atomic mass is 9.98. The standard InChI is InChI=1S/C10H12N6/c1-7-3-4-9(5-13-15-11)10(8(7)2)6-14-16-12/h3-4H,5-6H2,1-2H3. The van der Waals surface area contributed by atoms with Crippen molar-refractivity contribution in [2.75, 3.05) is 0 Å². The SMILES string of the molecule is Cc1ccc(CN=[N+]=[N-])c(CN=[N+]=[N-])c1C. The fraction of sp³-hybridized carbons (Fsp3) is 0.400. The van der Waals surface area contributed by atoms with E-state index in [0.29, 0.717) is 6.54 Å². The topological polar surface area (TPSA) is 97.5 Å². The molecule has 0 heterocycles. The third-order valence-corrected chi connectivity index (χ3v) is 2.56. The van der Waals surface area contributed by atoms with Crippen LogP contribution in [0, 0.1) is 13.8 Å². The first-order valence-corrected chi connectivity index (χ1v) is 4.80. The highest BCUT2D eigenvalue weighted by Crippen LogP contribution is 2.20. The fourth-order valence-electron chi connectivity index (χ4n) is 1.51. The Balaban J connectivity index is 3.19. The second-order valence-electron chi connectivity index (χ2n) is 3.42. The van der Waals surface area contributed by atoms with Crippen LogP contribution in [0.3, 0.4) is 0 Å². The van der Waals surface area contributed by atoms with E-state index < -0.39 is 0 Å². The van der Waals surface area contributed by atoms with Crippen LogP contribution >= 0.6 is 0 Å². The van der Waals surface area contributed by atoms with Crippen molar-refractivity contribution in [3.8, 4) is 0 Å². The van der Waals surface area contributed by atoms with E-state index in [4.69, 9.17) is 11.1 Å². The van der Waals surface area contributed by atoms with Crippen molar-refractivity contribution in [1.82, 2.24) is 0 Å². The van der Waals surface area contributed by atoms with Gasteiger partial charge >= 0.3 is 0 Å². The second kappa shape index (κ2) is 5.66. The monoisotopic (exact) mass is 216 g/mol. The molecule has 0 aliphatic heterocycles. The molecular weight excluding hydrogens is 204 g/mol. The van der Waals surface area contributed by atoms with E-state index in [1.165, 1.54) is 0 Å². The van der Waals surface area contributed by atoms with E-state index >= 15 is 0 Å². The Morgan fingerprint density at radius 1 is 1.06 bits per heavy atom. The summed E-state index contributed by atoms with van der Waals surface area (Å²) in [5.41, 5.74) is 20.7. The van der Waals surface area contributed by atoms with E-state index in [0.717, 1.165) is 22.3 Å². The lowest BCUT2D eigenvalue weighted by Gasteiger charge is -2.11. The maximum absolute atomic E-state index is 8.33. The first-order chi connectivity index (χ1) is 7.70. The molecule has 0 fully saturated rings. The molecule has 0 N–H and O–H groups in total. The molecule has 0 radical (unpaired) electrons. The third kappa shape index (κ3) is 2.67. The molecule has 0 unspecified atom stereocenters. The molecular formula is C10H12N6. The van der Waals surface area contributed by atoms with Crippen LogP contribution in [0.25, 0.3) is 20.9 Å². The minimum Gasteiger partial charge on any atom is -0.0893 e. The van der Waals surface area contributed by atoms with Gasteiger partial charge in [-0.1, -0.05) is 22.4 Å². The van der Waals surface area contributed by atoms with Gasteiger partial charge in [0.1, 0.15) is 0 Å². The van der Waals surface area contributed by atoms with Crippen molar-refractivity contribution < 1.29 is 0 Å². The van der Waals surface area contributed by atoms with Gasteiger partial charge in [0.05, 0.1) is 13.1 Å². The van der Waals surface area contributed by atoms with E-state index in [1.807, 2.05) is 26.0 Å². The molecule has 0 saturated carbocycles. The molecule has 1 aromatic rings. The van der Waals surface area contributed by atoms with Crippen molar-refractivity contribution >= 4 is 0 Å². The first-order valence-electron chi connectivity index (χ1n) is 4.80. The molecule has 6 nitrogen and oxygen atoms in total. The van der Waals surface area contributed by atoms with Gasteiger partial charge in [0.2, 0.25) is 0 Å². The summed E-state index contributed by atoms with van der Waals surface area (Å²) in [6, 6.07) is 3.87. The number of nitrogens with zero attached hydrogens (tertiary/aromatic N) is 6. The van der Waals surface area contributed by atoms with Crippen LogP contribution in [0.4, 0.5) is 0 Å². The number of aryl methyl sites for hydroxylation is 1. The molecule has 16 heavy (non-hydrogen) atoms. The van der Waals surface area contributed by atoms with Crippen molar-refractivity contribution in [3.63, 3.8) is 0 Å². The Morgan fingerprint density at radius 2 is 1.69 bits per heavy atom. The summed E-state index contributed by atoms with van der Waals surface area (Å²) < 4.78 is 0. The summed E-state index contributed by atoms with van der Waals surface area (Å²) in [6.45, 7) is 4.54. The lowest BCUT2D eigenvalue weighted by Crippen LogP contribution is -1.97. The molecule has 0 bridgehead atoms. The Bertz CT molecular complexity index is 480. The second-order valence-corrected chi connectivity index (χ2v) is 3.42. The van der Waals surface area contributed by atoms with Crippen LogP contribution < -0.4 is 0 Å². The van der Waals surface area contributed by atoms with Crippen LogP contribution in [0.5, 0.6) is 0 Å². The minimum absolute atomic E-state index is 0.286. The molecule has 0 spiro atoms. The van der Waals surface area contributed by atoms with Gasteiger partial charge in [-0.25, -0.2) is 0 Å². The fourth-order valence-corrected chi connectivity index (χ4v) is 1.51. The van der Waals surface area contributed by atoms with E-state index in [-0.39, 0.29) is 6.54 Å². The smallest absolute Gasteiger partial charge is 0.0516 e. The number of benzene rings is 1.